The lowest BCUT2D eigenvalue weighted by Gasteiger charge is -2.43. The number of piperidine rings is 1. The third kappa shape index (κ3) is 3.42. The lowest BCUT2D eigenvalue weighted by atomic mass is 9.93. The average molecular weight is 242 g/mol. The van der Waals surface area contributed by atoms with Crippen molar-refractivity contribution in [2.24, 2.45) is 0 Å². The molecule has 0 radical (unpaired) electrons. The SMILES string of the molecule is CCNC(C)(CN1C(C)CCCC1C)C(=O)O. The van der Waals surface area contributed by atoms with Crippen LogP contribution < -0.4 is 5.32 Å². The van der Waals surface area contributed by atoms with E-state index >= 15 is 0 Å². The van der Waals surface area contributed by atoms with Gasteiger partial charge in [0.2, 0.25) is 0 Å². The molecule has 17 heavy (non-hydrogen) atoms. The van der Waals surface area contributed by atoms with E-state index in [2.05, 4.69) is 24.1 Å². The lowest BCUT2D eigenvalue weighted by molar-refractivity contribution is -0.145. The van der Waals surface area contributed by atoms with E-state index in [1.165, 1.54) is 19.3 Å². The maximum Gasteiger partial charge on any atom is 0.324 e. The number of carbonyl (C=O) groups is 1. The summed E-state index contributed by atoms with van der Waals surface area (Å²) in [6, 6.07) is 0.965. The first-order valence-electron chi connectivity index (χ1n) is 6.65. The van der Waals surface area contributed by atoms with Gasteiger partial charge in [0.1, 0.15) is 5.54 Å². The molecule has 1 aliphatic rings. The summed E-state index contributed by atoms with van der Waals surface area (Å²) < 4.78 is 0. The van der Waals surface area contributed by atoms with Crippen molar-refractivity contribution in [1.29, 1.82) is 0 Å². The maximum absolute atomic E-state index is 11.4. The van der Waals surface area contributed by atoms with Crippen molar-refractivity contribution in [3.05, 3.63) is 0 Å². The number of hydrogen-bond donors (Lipinski definition) is 2. The van der Waals surface area contributed by atoms with E-state index < -0.39 is 11.5 Å². The van der Waals surface area contributed by atoms with E-state index in [0.717, 1.165) is 0 Å². The Morgan fingerprint density at radius 2 is 1.94 bits per heavy atom. The molecule has 0 bridgehead atoms. The molecule has 1 saturated heterocycles. The predicted octanol–water partition coefficient (Wildman–Crippen LogP) is 1.70. The van der Waals surface area contributed by atoms with Gasteiger partial charge in [-0.15, -0.1) is 0 Å². The minimum absolute atomic E-state index is 0.482. The summed E-state index contributed by atoms with van der Waals surface area (Å²) in [6.45, 7) is 9.39. The van der Waals surface area contributed by atoms with Crippen LogP contribution in [0.3, 0.4) is 0 Å². The standard InChI is InChI=1S/C13H26N2O2/c1-5-14-13(4,12(16)17)9-15-10(2)7-6-8-11(15)3/h10-11,14H,5-9H2,1-4H3,(H,16,17). The molecule has 1 fully saturated rings. The zero-order valence-corrected chi connectivity index (χ0v) is 11.5. The Labute approximate surface area is 104 Å². The van der Waals surface area contributed by atoms with Crippen LogP contribution in [-0.4, -0.2) is 46.7 Å². The number of nitrogens with zero attached hydrogens (tertiary/aromatic N) is 1. The van der Waals surface area contributed by atoms with Crippen molar-refractivity contribution in [2.45, 2.75) is 64.6 Å². The van der Waals surface area contributed by atoms with Crippen molar-refractivity contribution in [3.63, 3.8) is 0 Å². The fourth-order valence-electron chi connectivity index (χ4n) is 2.74. The highest BCUT2D eigenvalue weighted by atomic mass is 16.4. The summed E-state index contributed by atoms with van der Waals surface area (Å²) >= 11 is 0. The molecule has 0 aromatic heterocycles. The Kier molecular flexibility index (Phi) is 4.95. The second-order valence-corrected chi connectivity index (χ2v) is 5.47. The van der Waals surface area contributed by atoms with Crippen LogP contribution in [0.15, 0.2) is 0 Å². The molecule has 0 saturated carbocycles. The van der Waals surface area contributed by atoms with Crippen LogP contribution in [0.25, 0.3) is 0 Å². The van der Waals surface area contributed by atoms with Crippen LogP contribution in [0.4, 0.5) is 0 Å². The maximum atomic E-state index is 11.4. The van der Waals surface area contributed by atoms with Gasteiger partial charge in [0.25, 0.3) is 0 Å². The molecular formula is C13H26N2O2. The van der Waals surface area contributed by atoms with E-state index in [1.54, 1.807) is 6.92 Å². The van der Waals surface area contributed by atoms with Gasteiger partial charge in [-0.1, -0.05) is 13.3 Å². The van der Waals surface area contributed by atoms with Crippen molar-refractivity contribution in [1.82, 2.24) is 10.2 Å². The Hall–Kier alpha value is -0.610. The Bertz CT molecular complexity index is 260. The van der Waals surface area contributed by atoms with Crippen LogP contribution in [0.5, 0.6) is 0 Å². The largest absolute Gasteiger partial charge is 0.480 e. The molecule has 0 spiro atoms. The van der Waals surface area contributed by atoms with Crippen LogP contribution in [-0.2, 0) is 4.79 Å². The zero-order valence-electron chi connectivity index (χ0n) is 11.5. The van der Waals surface area contributed by atoms with Crippen LogP contribution in [0.2, 0.25) is 0 Å². The first-order chi connectivity index (χ1) is 7.90. The number of carboxylic acid groups (broad SMARTS) is 1. The molecule has 3 unspecified atom stereocenters. The van der Waals surface area contributed by atoms with Gasteiger partial charge < -0.3 is 10.4 Å². The van der Waals surface area contributed by atoms with Crippen molar-refractivity contribution >= 4 is 5.97 Å². The molecule has 4 heteroatoms. The second-order valence-electron chi connectivity index (χ2n) is 5.47. The molecule has 1 rings (SSSR count). The summed E-state index contributed by atoms with van der Waals surface area (Å²) in [5.74, 6) is -0.760. The van der Waals surface area contributed by atoms with Gasteiger partial charge in [-0.25, -0.2) is 0 Å². The van der Waals surface area contributed by atoms with E-state index in [9.17, 15) is 9.90 Å². The highest BCUT2D eigenvalue weighted by Gasteiger charge is 2.37. The number of likely N-dealkylation sites (tertiary alicyclic amines) is 1. The van der Waals surface area contributed by atoms with Crippen molar-refractivity contribution in [2.75, 3.05) is 13.1 Å². The third-order valence-corrected chi connectivity index (χ3v) is 3.91. The molecule has 1 aliphatic heterocycles. The molecule has 4 nitrogen and oxygen atoms in total. The Balaban J connectivity index is 2.74. The Morgan fingerprint density at radius 3 is 2.35 bits per heavy atom. The normalized spacial score (nSPS) is 29.9. The van der Waals surface area contributed by atoms with Gasteiger partial charge >= 0.3 is 5.97 Å². The minimum atomic E-state index is -0.839. The molecule has 0 aromatic carbocycles. The van der Waals surface area contributed by atoms with Gasteiger partial charge in [-0.2, -0.15) is 0 Å². The Morgan fingerprint density at radius 1 is 1.41 bits per heavy atom. The summed E-state index contributed by atoms with van der Waals surface area (Å²) in [4.78, 5) is 13.7. The molecule has 3 atom stereocenters. The van der Waals surface area contributed by atoms with E-state index in [0.29, 0.717) is 25.2 Å². The highest BCUT2D eigenvalue weighted by Crippen LogP contribution is 2.24. The average Bonchev–Trinajstić information content (AvgIpc) is 2.24. The predicted molar refractivity (Wildman–Crippen MR) is 69.2 cm³/mol. The van der Waals surface area contributed by atoms with Crippen LogP contribution in [0.1, 0.15) is 47.0 Å². The second kappa shape index (κ2) is 5.83. The lowest BCUT2D eigenvalue weighted by Crippen LogP contribution is -2.60. The molecule has 100 valence electrons. The smallest absolute Gasteiger partial charge is 0.324 e. The summed E-state index contributed by atoms with van der Waals surface area (Å²) in [7, 11) is 0. The third-order valence-electron chi connectivity index (χ3n) is 3.91. The number of aliphatic carboxylic acids is 1. The van der Waals surface area contributed by atoms with Crippen molar-refractivity contribution < 1.29 is 9.90 Å². The molecule has 0 amide bonds. The molecule has 1 heterocycles. The molecular weight excluding hydrogens is 216 g/mol. The van der Waals surface area contributed by atoms with Gasteiger partial charge in [0.05, 0.1) is 0 Å². The quantitative estimate of drug-likeness (QED) is 0.770. The highest BCUT2D eigenvalue weighted by molar-refractivity contribution is 5.78. The number of nitrogens with one attached hydrogen (secondary N) is 1. The summed E-state index contributed by atoms with van der Waals surface area (Å²) in [5, 5.41) is 12.5. The zero-order chi connectivity index (χ0) is 13.1. The monoisotopic (exact) mass is 242 g/mol. The fourth-order valence-corrected chi connectivity index (χ4v) is 2.74. The molecule has 0 aromatic rings. The topological polar surface area (TPSA) is 52.6 Å². The van der Waals surface area contributed by atoms with E-state index in [1.807, 2.05) is 6.92 Å². The van der Waals surface area contributed by atoms with E-state index in [-0.39, 0.29) is 0 Å². The number of hydrogen-bond acceptors (Lipinski definition) is 3. The first kappa shape index (κ1) is 14.5. The van der Waals surface area contributed by atoms with Gasteiger partial charge in [-0.3, -0.25) is 9.69 Å². The summed E-state index contributed by atoms with van der Waals surface area (Å²) in [6.07, 6.45) is 3.60. The first-order valence-corrected chi connectivity index (χ1v) is 6.65. The van der Waals surface area contributed by atoms with Gasteiger partial charge in [-0.05, 0) is 40.2 Å². The number of likely N-dealkylation sites (N-methyl/N-ethyl adjacent to an activating group) is 1. The fraction of sp³-hybridized carbons (Fsp3) is 0.923. The van der Waals surface area contributed by atoms with Gasteiger partial charge in [0.15, 0.2) is 0 Å². The van der Waals surface area contributed by atoms with Crippen molar-refractivity contribution in [3.8, 4) is 0 Å². The molecule has 0 aliphatic carbocycles. The van der Waals surface area contributed by atoms with Crippen LogP contribution in [0, 0.1) is 0 Å². The van der Waals surface area contributed by atoms with Crippen LogP contribution >= 0.6 is 0 Å². The van der Waals surface area contributed by atoms with Gasteiger partial charge in [0, 0.05) is 18.6 Å². The number of rotatable bonds is 5. The van der Waals surface area contributed by atoms with E-state index in [4.69, 9.17) is 0 Å². The summed E-state index contributed by atoms with van der Waals surface area (Å²) in [5.41, 5.74) is -0.839. The number of carboxylic acids is 1. The molecule has 2 N–H and O–H groups in total. The minimum Gasteiger partial charge on any atom is -0.480 e.